The molecule has 0 aliphatic rings. The summed E-state index contributed by atoms with van der Waals surface area (Å²) in [5.74, 6) is -0.563. The van der Waals surface area contributed by atoms with E-state index in [1.807, 2.05) is 31.2 Å². The van der Waals surface area contributed by atoms with Crippen molar-refractivity contribution in [1.29, 1.82) is 0 Å². The van der Waals surface area contributed by atoms with Crippen molar-refractivity contribution in [2.24, 2.45) is 0 Å². The maximum absolute atomic E-state index is 13.5. The number of aromatic hydroxyl groups is 1. The van der Waals surface area contributed by atoms with Gasteiger partial charge in [-0.25, -0.2) is 4.39 Å². The first-order valence-electron chi connectivity index (χ1n) is 6.20. The molecular weight excluding hydrogens is 275 g/mol. The molecule has 0 aromatic heterocycles. The minimum atomic E-state index is -0.506. The van der Waals surface area contributed by atoms with Crippen LogP contribution in [-0.2, 0) is 5.75 Å². The molecule has 0 saturated heterocycles. The molecule has 0 aliphatic heterocycles. The maximum Gasteiger partial charge on any atom is 0.163 e. The number of hydrogen-bond acceptors (Lipinski definition) is 3. The highest BCUT2D eigenvalue weighted by Gasteiger charge is 2.14. The van der Waals surface area contributed by atoms with Gasteiger partial charge in [0, 0.05) is 16.2 Å². The molecule has 0 saturated carbocycles. The van der Waals surface area contributed by atoms with E-state index in [4.69, 9.17) is 0 Å². The first-order valence-corrected chi connectivity index (χ1v) is 7.18. The minimum Gasteiger partial charge on any atom is -0.507 e. The fourth-order valence-electron chi connectivity index (χ4n) is 1.91. The molecule has 0 aliphatic carbocycles. The van der Waals surface area contributed by atoms with Crippen molar-refractivity contribution < 1.29 is 14.3 Å². The highest BCUT2D eigenvalue weighted by Crippen LogP contribution is 2.32. The molecule has 104 valence electrons. The number of thioether (sulfide) groups is 1. The van der Waals surface area contributed by atoms with Gasteiger partial charge in [-0.2, -0.15) is 0 Å². The van der Waals surface area contributed by atoms with Crippen LogP contribution in [0.15, 0.2) is 41.3 Å². The molecule has 1 N–H and O–H groups in total. The number of hydrogen-bond donors (Lipinski definition) is 1. The number of aryl methyl sites for hydroxylation is 1. The lowest BCUT2D eigenvalue weighted by atomic mass is 10.1. The van der Waals surface area contributed by atoms with E-state index in [2.05, 4.69) is 0 Å². The molecule has 0 atom stereocenters. The third kappa shape index (κ3) is 3.20. The van der Waals surface area contributed by atoms with Crippen molar-refractivity contribution in [3.63, 3.8) is 0 Å². The Bertz CT molecular complexity index is 653. The minimum absolute atomic E-state index is 0.0328. The second-order valence-electron chi connectivity index (χ2n) is 4.57. The van der Waals surface area contributed by atoms with Crippen LogP contribution in [-0.4, -0.2) is 10.9 Å². The van der Waals surface area contributed by atoms with E-state index in [-0.39, 0.29) is 17.1 Å². The molecule has 2 aromatic rings. The number of Topliss-reactive ketones (excluding diaryl/α,β-unsaturated/α-hetero) is 1. The third-order valence-corrected chi connectivity index (χ3v) is 4.23. The Morgan fingerprint density at radius 1 is 1.30 bits per heavy atom. The fourth-order valence-corrected chi connectivity index (χ4v) is 2.91. The van der Waals surface area contributed by atoms with Gasteiger partial charge in [-0.05, 0) is 37.6 Å². The molecule has 2 aromatic carbocycles. The molecule has 2 nitrogen and oxygen atoms in total. The lowest BCUT2D eigenvalue weighted by molar-refractivity contribution is 0.101. The van der Waals surface area contributed by atoms with E-state index in [0.29, 0.717) is 11.3 Å². The summed E-state index contributed by atoms with van der Waals surface area (Å²) < 4.78 is 13.5. The summed E-state index contributed by atoms with van der Waals surface area (Å²) in [6.45, 7) is 3.31. The van der Waals surface area contributed by atoms with Crippen molar-refractivity contribution in [2.75, 3.05) is 0 Å². The van der Waals surface area contributed by atoms with Gasteiger partial charge in [0.2, 0.25) is 0 Å². The van der Waals surface area contributed by atoms with Gasteiger partial charge in [0.15, 0.2) is 5.78 Å². The van der Waals surface area contributed by atoms with Crippen LogP contribution in [0.2, 0.25) is 0 Å². The molecule has 0 fully saturated rings. The normalized spacial score (nSPS) is 10.6. The van der Waals surface area contributed by atoms with Gasteiger partial charge in [0.05, 0.1) is 5.56 Å². The van der Waals surface area contributed by atoms with Crippen molar-refractivity contribution in [2.45, 2.75) is 24.5 Å². The third-order valence-electron chi connectivity index (χ3n) is 3.01. The van der Waals surface area contributed by atoms with Gasteiger partial charge in [0.1, 0.15) is 11.6 Å². The van der Waals surface area contributed by atoms with Crippen LogP contribution in [0.5, 0.6) is 5.75 Å². The fraction of sp³-hybridized carbons (Fsp3) is 0.188. The quantitative estimate of drug-likeness (QED) is 0.672. The second-order valence-corrected chi connectivity index (χ2v) is 5.59. The van der Waals surface area contributed by atoms with Gasteiger partial charge in [-0.1, -0.05) is 18.2 Å². The number of halogens is 1. The zero-order valence-electron chi connectivity index (χ0n) is 11.3. The van der Waals surface area contributed by atoms with Crippen LogP contribution in [0.1, 0.15) is 28.4 Å². The largest absolute Gasteiger partial charge is 0.507 e. The van der Waals surface area contributed by atoms with Crippen LogP contribution in [0.25, 0.3) is 0 Å². The molecule has 2 rings (SSSR count). The first-order chi connectivity index (χ1) is 9.49. The molecule has 0 amide bonds. The number of rotatable bonds is 4. The predicted molar refractivity (Wildman–Crippen MR) is 78.8 cm³/mol. The molecule has 0 bridgehead atoms. The second kappa shape index (κ2) is 6.09. The molecular formula is C16H15FO2S. The number of ketones is 1. The van der Waals surface area contributed by atoms with Gasteiger partial charge >= 0.3 is 0 Å². The molecule has 0 unspecified atom stereocenters. The van der Waals surface area contributed by atoms with Crippen LogP contribution in [0.3, 0.4) is 0 Å². The summed E-state index contributed by atoms with van der Waals surface area (Å²) in [6.07, 6.45) is 0. The van der Waals surface area contributed by atoms with Crippen LogP contribution < -0.4 is 0 Å². The Morgan fingerprint density at radius 2 is 2.00 bits per heavy atom. The number of phenolic OH excluding ortho intramolecular Hbond substituents is 1. The van der Waals surface area contributed by atoms with E-state index in [9.17, 15) is 14.3 Å². The smallest absolute Gasteiger partial charge is 0.163 e. The zero-order chi connectivity index (χ0) is 14.7. The number of phenols is 1. The van der Waals surface area contributed by atoms with Crippen LogP contribution in [0, 0.1) is 12.7 Å². The number of carbonyl (C=O) groups is 1. The van der Waals surface area contributed by atoms with Crippen molar-refractivity contribution in [1.82, 2.24) is 0 Å². The Morgan fingerprint density at radius 3 is 2.65 bits per heavy atom. The molecule has 0 heterocycles. The number of carbonyl (C=O) groups excluding carboxylic acids is 1. The van der Waals surface area contributed by atoms with Gasteiger partial charge in [-0.3, -0.25) is 4.79 Å². The lowest BCUT2D eigenvalue weighted by Gasteiger charge is -2.09. The summed E-state index contributed by atoms with van der Waals surface area (Å²) in [5, 5.41) is 10.0. The van der Waals surface area contributed by atoms with E-state index < -0.39 is 5.82 Å². The average Bonchev–Trinajstić information content (AvgIpc) is 2.40. The highest BCUT2D eigenvalue weighted by molar-refractivity contribution is 7.98. The molecule has 20 heavy (non-hydrogen) atoms. The first kappa shape index (κ1) is 14.6. The van der Waals surface area contributed by atoms with Gasteiger partial charge in [-0.15, -0.1) is 11.8 Å². The van der Waals surface area contributed by atoms with Crippen molar-refractivity contribution in [3.8, 4) is 5.75 Å². The standard InChI is InChI=1S/C16H15FO2S/c1-10-5-3-4-6-15(10)20-9-12-7-13(17)8-14(11(2)18)16(12)19/h3-8,19H,9H2,1-2H3. The SMILES string of the molecule is CC(=O)c1cc(F)cc(CSc2ccccc2C)c1O. The van der Waals surface area contributed by atoms with Crippen LogP contribution in [0.4, 0.5) is 4.39 Å². The van der Waals surface area contributed by atoms with E-state index in [1.165, 1.54) is 24.8 Å². The zero-order valence-corrected chi connectivity index (χ0v) is 12.1. The summed E-state index contributed by atoms with van der Waals surface area (Å²) >= 11 is 1.51. The van der Waals surface area contributed by atoms with Crippen molar-refractivity contribution >= 4 is 17.5 Å². The summed E-state index contributed by atoms with van der Waals surface area (Å²) in [5.41, 5.74) is 1.59. The monoisotopic (exact) mass is 290 g/mol. The summed E-state index contributed by atoms with van der Waals surface area (Å²) in [6, 6.07) is 10.2. The van der Waals surface area contributed by atoms with Crippen molar-refractivity contribution in [3.05, 3.63) is 58.9 Å². The Hall–Kier alpha value is -1.81. The number of benzene rings is 2. The van der Waals surface area contributed by atoms with Gasteiger partial charge < -0.3 is 5.11 Å². The van der Waals surface area contributed by atoms with E-state index in [1.54, 1.807) is 0 Å². The van der Waals surface area contributed by atoms with E-state index >= 15 is 0 Å². The summed E-state index contributed by atoms with van der Waals surface area (Å²) in [7, 11) is 0. The van der Waals surface area contributed by atoms with Gasteiger partial charge in [0.25, 0.3) is 0 Å². The highest BCUT2D eigenvalue weighted by atomic mass is 32.2. The predicted octanol–water partition coefficient (Wildman–Crippen LogP) is 4.33. The topological polar surface area (TPSA) is 37.3 Å². The summed E-state index contributed by atoms with van der Waals surface area (Å²) in [4.78, 5) is 12.4. The Kier molecular flexibility index (Phi) is 4.45. The molecule has 0 radical (unpaired) electrons. The van der Waals surface area contributed by atoms with E-state index in [0.717, 1.165) is 16.5 Å². The molecule has 4 heteroatoms. The lowest BCUT2D eigenvalue weighted by Crippen LogP contribution is -1.97. The maximum atomic E-state index is 13.5. The Labute approximate surface area is 121 Å². The van der Waals surface area contributed by atoms with Crippen LogP contribution >= 0.6 is 11.8 Å². The Balaban J connectivity index is 2.26. The average molecular weight is 290 g/mol. The molecule has 0 spiro atoms.